The molecule has 6 aromatic rings. The summed E-state index contributed by atoms with van der Waals surface area (Å²) >= 11 is 0. The molecular formula is C40H30N4. The van der Waals surface area contributed by atoms with Crippen LogP contribution in [-0.2, 0) is 0 Å². The van der Waals surface area contributed by atoms with E-state index in [-0.39, 0.29) is 6.17 Å². The van der Waals surface area contributed by atoms with Gasteiger partial charge in [0, 0.05) is 34.3 Å². The van der Waals surface area contributed by atoms with Crippen LogP contribution in [0.25, 0.3) is 39.1 Å². The van der Waals surface area contributed by atoms with Gasteiger partial charge in [-0.2, -0.15) is 0 Å². The summed E-state index contributed by atoms with van der Waals surface area (Å²) in [6.45, 7) is 0.865. The van der Waals surface area contributed by atoms with Crippen LogP contribution < -0.4 is 10.6 Å². The summed E-state index contributed by atoms with van der Waals surface area (Å²) < 4.78 is 0. The van der Waals surface area contributed by atoms with E-state index in [1.54, 1.807) is 0 Å². The molecule has 0 amide bonds. The lowest BCUT2D eigenvalue weighted by molar-refractivity contribution is 0.674. The molecule has 2 heterocycles. The lowest BCUT2D eigenvalue weighted by Crippen LogP contribution is -2.33. The lowest BCUT2D eigenvalue weighted by atomic mass is 9.91. The van der Waals surface area contributed by atoms with E-state index >= 15 is 0 Å². The number of nitrogens with zero attached hydrogens (tertiary/aromatic N) is 2. The van der Waals surface area contributed by atoms with Crippen molar-refractivity contribution >= 4 is 34.2 Å². The normalized spacial score (nSPS) is 15.5. The third kappa shape index (κ3) is 4.77. The van der Waals surface area contributed by atoms with Crippen molar-refractivity contribution in [2.24, 2.45) is 9.98 Å². The molecular weight excluding hydrogens is 536 g/mol. The van der Waals surface area contributed by atoms with E-state index in [1.165, 1.54) is 44.3 Å². The van der Waals surface area contributed by atoms with Crippen LogP contribution in [0.1, 0.15) is 28.4 Å². The summed E-state index contributed by atoms with van der Waals surface area (Å²) in [7, 11) is 0. The zero-order chi connectivity index (χ0) is 29.3. The molecule has 4 nitrogen and oxygen atoms in total. The van der Waals surface area contributed by atoms with E-state index in [0.29, 0.717) is 0 Å². The van der Waals surface area contributed by atoms with Gasteiger partial charge in [0.2, 0.25) is 0 Å². The maximum absolute atomic E-state index is 5.12. The Balaban J connectivity index is 1.24. The Morgan fingerprint density at radius 1 is 0.568 bits per heavy atom. The molecule has 0 saturated carbocycles. The van der Waals surface area contributed by atoms with Crippen molar-refractivity contribution in [1.82, 2.24) is 5.32 Å². The monoisotopic (exact) mass is 566 g/mol. The minimum absolute atomic E-state index is 0.249. The first-order valence-electron chi connectivity index (χ1n) is 15.0. The maximum Gasteiger partial charge on any atom is 0.159 e. The predicted molar refractivity (Wildman–Crippen MR) is 184 cm³/mol. The van der Waals surface area contributed by atoms with Crippen LogP contribution in [0.4, 0.5) is 5.69 Å². The van der Waals surface area contributed by atoms with Crippen LogP contribution in [0.5, 0.6) is 0 Å². The van der Waals surface area contributed by atoms with Gasteiger partial charge in [-0.1, -0.05) is 146 Å². The maximum atomic E-state index is 5.12. The second-order valence-electron chi connectivity index (χ2n) is 11.1. The number of amidine groups is 2. The van der Waals surface area contributed by atoms with Gasteiger partial charge < -0.3 is 10.6 Å². The van der Waals surface area contributed by atoms with Crippen LogP contribution in [-0.4, -0.2) is 18.2 Å². The molecule has 0 fully saturated rings. The summed E-state index contributed by atoms with van der Waals surface area (Å²) in [6, 6.07) is 49.0. The second-order valence-corrected chi connectivity index (χ2v) is 11.1. The van der Waals surface area contributed by atoms with Crippen molar-refractivity contribution in [2.75, 3.05) is 11.9 Å². The average Bonchev–Trinajstić information content (AvgIpc) is 3.11. The Hall–Kier alpha value is -5.74. The highest BCUT2D eigenvalue weighted by Crippen LogP contribution is 2.36. The molecule has 0 aromatic heterocycles. The fourth-order valence-electron chi connectivity index (χ4n) is 6.21. The van der Waals surface area contributed by atoms with Crippen LogP contribution in [0.2, 0.25) is 0 Å². The zero-order valence-corrected chi connectivity index (χ0v) is 24.1. The molecule has 2 N–H and O–H groups in total. The van der Waals surface area contributed by atoms with Crippen molar-refractivity contribution in [3.63, 3.8) is 0 Å². The molecule has 1 unspecified atom stereocenters. The van der Waals surface area contributed by atoms with Gasteiger partial charge in [0.25, 0.3) is 0 Å². The molecule has 2 aliphatic rings. The highest BCUT2D eigenvalue weighted by atomic mass is 15.2. The zero-order valence-electron chi connectivity index (χ0n) is 24.1. The van der Waals surface area contributed by atoms with Gasteiger partial charge >= 0.3 is 0 Å². The second kappa shape index (κ2) is 11.2. The first kappa shape index (κ1) is 25.9. The number of rotatable bonds is 5. The summed E-state index contributed by atoms with van der Waals surface area (Å²) in [6.07, 6.45) is 4.15. The van der Waals surface area contributed by atoms with Gasteiger partial charge in [0.1, 0.15) is 12.0 Å². The van der Waals surface area contributed by atoms with E-state index in [1.807, 2.05) is 24.3 Å². The molecule has 4 heteroatoms. The van der Waals surface area contributed by atoms with Crippen LogP contribution >= 0.6 is 0 Å². The van der Waals surface area contributed by atoms with Crippen molar-refractivity contribution < 1.29 is 0 Å². The van der Waals surface area contributed by atoms with Crippen LogP contribution in [0, 0.1) is 0 Å². The van der Waals surface area contributed by atoms with E-state index in [4.69, 9.17) is 9.98 Å². The molecule has 0 aliphatic carbocycles. The van der Waals surface area contributed by atoms with Gasteiger partial charge in [0.15, 0.2) is 5.84 Å². The van der Waals surface area contributed by atoms with E-state index in [9.17, 15) is 0 Å². The number of benzene rings is 6. The average molecular weight is 567 g/mol. The first-order valence-corrected chi connectivity index (χ1v) is 15.0. The molecule has 1 atom stereocenters. The summed E-state index contributed by atoms with van der Waals surface area (Å²) in [5.74, 6) is 1.54. The highest BCUT2D eigenvalue weighted by molar-refractivity contribution is 6.19. The van der Waals surface area contributed by atoms with Crippen molar-refractivity contribution in [1.29, 1.82) is 0 Å². The fourth-order valence-corrected chi connectivity index (χ4v) is 6.21. The molecule has 44 heavy (non-hydrogen) atoms. The van der Waals surface area contributed by atoms with Gasteiger partial charge in [-0.25, -0.2) is 9.98 Å². The molecule has 0 spiro atoms. The van der Waals surface area contributed by atoms with E-state index in [0.717, 1.165) is 34.9 Å². The predicted octanol–water partition coefficient (Wildman–Crippen LogP) is 9.11. The highest BCUT2D eigenvalue weighted by Gasteiger charge is 2.23. The Kier molecular flexibility index (Phi) is 6.58. The molecule has 2 aliphatic heterocycles. The Morgan fingerprint density at radius 2 is 1.23 bits per heavy atom. The third-order valence-electron chi connectivity index (χ3n) is 8.36. The van der Waals surface area contributed by atoms with Gasteiger partial charge in [-0.15, -0.1) is 0 Å². The Morgan fingerprint density at radius 3 is 2.00 bits per heavy atom. The third-order valence-corrected chi connectivity index (χ3v) is 8.36. The number of hydrogen-bond donors (Lipinski definition) is 2. The van der Waals surface area contributed by atoms with Gasteiger partial charge in [0.05, 0.1) is 0 Å². The standard InChI is InChI=1S/C40H30N4/c1-3-11-30(12-4-1)38-42-39(31-13-5-2-6-14-31)44-40(43-38)35-19-8-16-29-15-7-18-33(37(29)35)28-24-22-27(23-25-28)32-17-9-21-36-34(32)20-10-26-41-36/h1-25,38,41H,26H2,(H,42,43,44). The SMILES string of the molecule is C1=Cc2c(cccc2-c2ccc(-c3cccc4cccc(C5=NC(c6ccccc6)=NC(c6ccccc6)N5)c34)cc2)NC1. The van der Waals surface area contributed by atoms with Gasteiger partial charge in [-0.3, -0.25) is 0 Å². The molecule has 210 valence electrons. The smallest absolute Gasteiger partial charge is 0.159 e. The van der Waals surface area contributed by atoms with E-state index in [2.05, 4.69) is 138 Å². The lowest BCUT2D eigenvalue weighted by Gasteiger charge is -2.25. The molecule has 8 rings (SSSR count). The quantitative estimate of drug-likeness (QED) is 0.219. The summed E-state index contributed by atoms with van der Waals surface area (Å²) in [5, 5.41) is 9.48. The first-order chi connectivity index (χ1) is 21.8. The van der Waals surface area contributed by atoms with E-state index < -0.39 is 0 Å². The van der Waals surface area contributed by atoms with Gasteiger partial charge in [-0.05, 0) is 39.3 Å². The van der Waals surface area contributed by atoms with Crippen molar-refractivity contribution in [3.8, 4) is 22.3 Å². The number of anilines is 1. The van der Waals surface area contributed by atoms with Crippen molar-refractivity contribution in [3.05, 3.63) is 168 Å². The molecule has 0 saturated heterocycles. The number of nitrogens with one attached hydrogen (secondary N) is 2. The molecule has 0 radical (unpaired) electrons. The topological polar surface area (TPSA) is 48.8 Å². The number of hydrogen-bond acceptors (Lipinski definition) is 4. The van der Waals surface area contributed by atoms with Crippen molar-refractivity contribution in [2.45, 2.75) is 6.17 Å². The van der Waals surface area contributed by atoms with Crippen LogP contribution in [0.3, 0.4) is 0 Å². The summed E-state index contributed by atoms with van der Waals surface area (Å²) in [4.78, 5) is 10.2. The Bertz CT molecular complexity index is 2070. The number of fused-ring (bicyclic) bond motifs is 2. The van der Waals surface area contributed by atoms with Crippen LogP contribution in [0.15, 0.2) is 156 Å². The molecule has 0 bridgehead atoms. The number of aliphatic imine (C=N–C) groups is 2. The molecule has 6 aromatic carbocycles. The minimum atomic E-state index is -0.249. The summed E-state index contributed by atoms with van der Waals surface area (Å²) in [5.41, 5.74) is 10.3. The minimum Gasteiger partial charge on any atom is -0.381 e. The Labute approximate surface area is 257 Å². The largest absolute Gasteiger partial charge is 0.381 e. The fraction of sp³-hybridized carbons (Fsp3) is 0.0500.